The summed E-state index contributed by atoms with van der Waals surface area (Å²) in [6.07, 6.45) is 1.71. The summed E-state index contributed by atoms with van der Waals surface area (Å²) in [5.74, 6) is 0.560. The number of ether oxygens (including phenoxy) is 1. The number of carbonyl (C=O) groups is 1. The molecule has 6 heteroatoms. The van der Waals surface area contributed by atoms with E-state index in [2.05, 4.69) is 5.32 Å². The second kappa shape index (κ2) is 6.19. The summed E-state index contributed by atoms with van der Waals surface area (Å²) < 4.78 is 24.5. The summed E-state index contributed by atoms with van der Waals surface area (Å²) >= 11 is 0. The SMILES string of the molecule is NC(=O)c1ccc(CN[C@H]2CCCOc3ccc(F)cc32)o1. The fourth-order valence-corrected chi connectivity index (χ4v) is 2.59. The van der Waals surface area contributed by atoms with Crippen molar-refractivity contribution in [2.75, 3.05) is 6.61 Å². The van der Waals surface area contributed by atoms with E-state index in [1.807, 2.05) is 0 Å². The number of primary amides is 1. The molecule has 1 atom stereocenters. The average Bonchev–Trinajstić information content (AvgIpc) is 2.88. The number of carbonyl (C=O) groups excluding carboxylic acids is 1. The van der Waals surface area contributed by atoms with Gasteiger partial charge in [0.2, 0.25) is 0 Å². The van der Waals surface area contributed by atoms with Crippen LogP contribution in [0.25, 0.3) is 0 Å². The second-order valence-electron chi connectivity index (χ2n) is 5.24. The van der Waals surface area contributed by atoms with Gasteiger partial charge in [0.25, 0.3) is 5.91 Å². The van der Waals surface area contributed by atoms with E-state index >= 15 is 0 Å². The lowest BCUT2D eigenvalue weighted by Gasteiger charge is -2.17. The van der Waals surface area contributed by atoms with Gasteiger partial charge in [-0.05, 0) is 43.2 Å². The molecule has 0 saturated carbocycles. The van der Waals surface area contributed by atoms with Gasteiger partial charge in [-0.25, -0.2) is 4.39 Å². The third kappa shape index (κ3) is 3.12. The molecule has 2 aromatic rings. The maximum atomic E-state index is 13.5. The quantitative estimate of drug-likeness (QED) is 0.910. The van der Waals surface area contributed by atoms with Crippen LogP contribution in [0.2, 0.25) is 0 Å². The number of rotatable bonds is 4. The topological polar surface area (TPSA) is 77.5 Å². The summed E-state index contributed by atoms with van der Waals surface area (Å²) in [5, 5.41) is 3.32. The Morgan fingerprint density at radius 1 is 1.36 bits per heavy atom. The molecule has 22 heavy (non-hydrogen) atoms. The third-order valence-electron chi connectivity index (χ3n) is 3.67. The van der Waals surface area contributed by atoms with Crippen molar-refractivity contribution in [3.8, 4) is 5.75 Å². The Hall–Kier alpha value is -2.34. The zero-order chi connectivity index (χ0) is 15.5. The molecule has 116 valence electrons. The minimum absolute atomic E-state index is 0.0321. The van der Waals surface area contributed by atoms with E-state index in [0.29, 0.717) is 24.7 Å². The number of amides is 1. The number of hydrogen-bond acceptors (Lipinski definition) is 4. The summed E-state index contributed by atoms with van der Waals surface area (Å²) in [4.78, 5) is 11.0. The van der Waals surface area contributed by atoms with Crippen molar-refractivity contribution in [3.05, 3.63) is 53.2 Å². The van der Waals surface area contributed by atoms with E-state index < -0.39 is 5.91 Å². The number of fused-ring (bicyclic) bond motifs is 1. The molecule has 0 fully saturated rings. The molecule has 2 heterocycles. The van der Waals surface area contributed by atoms with Crippen LogP contribution in [0, 0.1) is 5.82 Å². The van der Waals surface area contributed by atoms with Gasteiger partial charge in [0.1, 0.15) is 17.3 Å². The summed E-state index contributed by atoms with van der Waals surface area (Å²) in [5.41, 5.74) is 5.96. The fraction of sp³-hybridized carbons (Fsp3) is 0.312. The first-order valence-corrected chi connectivity index (χ1v) is 7.17. The van der Waals surface area contributed by atoms with Gasteiger partial charge in [0, 0.05) is 11.6 Å². The Labute approximate surface area is 127 Å². The van der Waals surface area contributed by atoms with Gasteiger partial charge in [-0.3, -0.25) is 4.79 Å². The standard InChI is InChI=1S/C16H17FN2O3/c17-10-3-5-14-12(8-10)13(2-1-7-21-14)19-9-11-4-6-15(22-11)16(18)20/h3-6,8,13,19H,1-2,7,9H2,(H2,18,20)/t13-/m0/s1. The molecule has 0 saturated heterocycles. The van der Waals surface area contributed by atoms with Crippen molar-refractivity contribution >= 4 is 5.91 Å². The smallest absolute Gasteiger partial charge is 0.284 e. The van der Waals surface area contributed by atoms with E-state index in [-0.39, 0.29) is 17.6 Å². The van der Waals surface area contributed by atoms with Gasteiger partial charge in [-0.2, -0.15) is 0 Å². The highest BCUT2D eigenvalue weighted by atomic mass is 19.1. The highest BCUT2D eigenvalue weighted by Crippen LogP contribution is 2.32. The molecule has 1 aromatic heterocycles. The van der Waals surface area contributed by atoms with E-state index in [0.717, 1.165) is 18.4 Å². The molecule has 1 amide bonds. The fourth-order valence-electron chi connectivity index (χ4n) is 2.59. The van der Waals surface area contributed by atoms with E-state index in [1.54, 1.807) is 18.2 Å². The Morgan fingerprint density at radius 3 is 3.00 bits per heavy atom. The second-order valence-corrected chi connectivity index (χ2v) is 5.24. The van der Waals surface area contributed by atoms with Crippen molar-refractivity contribution in [2.24, 2.45) is 5.73 Å². The van der Waals surface area contributed by atoms with Gasteiger partial charge in [0.15, 0.2) is 5.76 Å². The first kappa shape index (κ1) is 14.6. The van der Waals surface area contributed by atoms with Crippen LogP contribution in [0.4, 0.5) is 4.39 Å². The minimum Gasteiger partial charge on any atom is -0.493 e. The lowest BCUT2D eigenvalue weighted by atomic mass is 10.0. The van der Waals surface area contributed by atoms with Crippen LogP contribution in [-0.4, -0.2) is 12.5 Å². The summed E-state index contributed by atoms with van der Waals surface area (Å²) in [6, 6.07) is 7.76. The molecule has 0 bridgehead atoms. The number of halogens is 1. The number of furan rings is 1. The van der Waals surface area contributed by atoms with Crippen LogP contribution >= 0.6 is 0 Å². The van der Waals surface area contributed by atoms with Crippen LogP contribution in [0.3, 0.4) is 0 Å². The molecular weight excluding hydrogens is 287 g/mol. The van der Waals surface area contributed by atoms with E-state index in [1.165, 1.54) is 12.1 Å². The molecule has 0 spiro atoms. The number of nitrogens with two attached hydrogens (primary N) is 1. The zero-order valence-corrected chi connectivity index (χ0v) is 12.0. The highest BCUT2D eigenvalue weighted by Gasteiger charge is 2.20. The molecule has 0 aliphatic carbocycles. The predicted molar refractivity (Wildman–Crippen MR) is 77.9 cm³/mol. The molecule has 3 N–H and O–H groups in total. The van der Waals surface area contributed by atoms with Crippen molar-refractivity contribution in [1.29, 1.82) is 0 Å². The van der Waals surface area contributed by atoms with Crippen molar-refractivity contribution in [3.63, 3.8) is 0 Å². The van der Waals surface area contributed by atoms with Crippen molar-refractivity contribution in [1.82, 2.24) is 5.32 Å². The summed E-state index contributed by atoms with van der Waals surface area (Å²) in [7, 11) is 0. The first-order chi connectivity index (χ1) is 10.6. The normalized spacial score (nSPS) is 17.4. The number of benzene rings is 1. The Balaban J connectivity index is 1.74. The first-order valence-electron chi connectivity index (χ1n) is 7.17. The van der Waals surface area contributed by atoms with Crippen LogP contribution in [-0.2, 0) is 6.54 Å². The molecule has 0 unspecified atom stereocenters. The Kier molecular flexibility index (Phi) is 4.11. The van der Waals surface area contributed by atoms with Crippen LogP contribution in [0.5, 0.6) is 5.75 Å². The van der Waals surface area contributed by atoms with Crippen LogP contribution in [0.15, 0.2) is 34.7 Å². The van der Waals surface area contributed by atoms with E-state index in [4.69, 9.17) is 14.9 Å². The van der Waals surface area contributed by atoms with Gasteiger partial charge in [-0.1, -0.05) is 0 Å². The largest absolute Gasteiger partial charge is 0.493 e. The molecule has 1 aliphatic heterocycles. The maximum Gasteiger partial charge on any atom is 0.284 e. The Bertz CT molecular complexity index is 684. The predicted octanol–water partition coefficient (Wildman–Crippen LogP) is 2.52. The van der Waals surface area contributed by atoms with Crippen molar-refractivity contribution in [2.45, 2.75) is 25.4 Å². The molecule has 0 radical (unpaired) electrons. The van der Waals surface area contributed by atoms with E-state index in [9.17, 15) is 9.18 Å². The van der Waals surface area contributed by atoms with Crippen molar-refractivity contribution < 1.29 is 18.3 Å². The third-order valence-corrected chi connectivity index (χ3v) is 3.67. The highest BCUT2D eigenvalue weighted by molar-refractivity contribution is 5.89. The lowest BCUT2D eigenvalue weighted by molar-refractivity contribution is 0.0972. The maximum absolute atomic E-state index is 13.5. The molecule has 3 rings (SSSR count). The zero-order valence-electron chi connectivity index (χ0n) is 12.0. The summed E-state index contributed by atoms with van der Waals surface area (Å²) in [6.45, 7) is 1.04. The minimum atomic E-state index is -0.596. The van der Waals surface area contributed by atoms with Gasteiger partial charge < -0.3 is 20.2 Å². The monoisotopic (exact) mass is 304 g/mol. The van der Waals surface area contributed by atoms with Gasteiger partial charge in [0.05, 0.1) is 13.2 Å². The molecule has 1 aliphatic rings. The number of hydrogen-bond donors (Lipinski definition) is 2. The van der Waals surface area contributed by atoms with Gasteiger partial charge in [-0.15, -0.1) is 0 Å². The number of nitrogens with one attached hydrogen (secondary N) is 1. The van der Waals surface area contributed by atoms with Crippen LogP contribution < -0.4 is 15.8 Å². The van der Waals surface area contributed by atoms with Gasteiger partial charge >= 0.3 is 0 Å². The molecule has 1 aromatic carbocycles. The lowest BCUT2D eigenvalue weighted by Crippen LogP contribution is -2.20. The molecule has 5 nitrogen and oxygen atoms in total. The molecular formula is C16H17FN2O3. The average molecular weight is 304 g/mol. The van der Waals surface area contributed by atoms with Crippen LogP contribution in [0.1, 0.15) is 40.8 Å². The Morgan fingerprint density at radius 2 is 2.23 bits per heavy atom.